The van der Waals surface area contributed by atoms with E-state index in [4.69, 9.17) is 10.5 Å². The smallest absolute Gasteiger partial charge is 0.152 e. The van der Waals surface area contributed by atoms with Gasteiger partial charge in [0.05, 0.1) is 5.60 Å². The number of aromatic nitrogens is 3. The Hall–Kier alpha value is -0.940. The average Bonchev–Trinajstić information content (AvgIpc) is 2.93. The van der Waals surface area contributed by atoms with Crippen molar-refractivity contribution in [3.05, 3.63) is 12.2 Å². The highest BCUT2D eigenvalue weighted by Crippen LogP contribution is 2.37. The minimum Gasteiger partial charge on any atom is -0.366 e. The van der Waals surface area contributed by atoms with E-state index in [1.807, 2.05) is 4.68 Å². The van der Waals surface area contributed by atoms with Crippen molar-refractivity contribution >= 4 is 0 Å². The second kappa shape index (κ2) is 7.36. The first-order valence-corrected chi connectivity index (χ1v) is 8.31. The van der Waals surface area contributed by atoms with Crippen LogP contribution in [0.1, 0.15) is 58.7 Å². The van der Waals surface area contributed by atoms with Crippen LogP contribution < -0.4 is 5.73 Å². The maximum Gasteiger partial charge on any atom is 0.152 e. The van der Waals surface area contributed by atoms with E-state index >= 15 is 0 Å². The van der Waals surface area contributed by atoms with Gasteiger partial charge in [0.2, 0.25) is 0 Å². The summed E-state index contributed by atoms with van der Waals surface area (Å²) in [6, 6.07) is 0. The highest BCUT2D eigenvalue weighted by molar-refractivity contribution is 4.91. The molecule has 0 atom stereocenters. The van der Waals surface area contributed by atoms with Gasteiger partial charge >= 0.3 is 0 Å². The summed E-state index contributed by atoms with van der Waals surface area (Å²) < 4.78 is 8.17. The van der Waals surface area contributed by atoms with E-state index < -0.39 is 0 Å². The second-order valence-corrected chi connectivity index (χ2v) is 6.66. The summed E-state index contributed by atoms with van der Waals surface area (Å²) in [5, 5.41) is 4.25. The van der Waals surface area contributed by atoms with Gasteiger partial charge in [-0.05, 0) is 43.9 Å². The van der Waals surface area contributed by atoms with E-state index in [0.29, 0.717) is 13.2 Å². The summed E-state index contributed by atoms with van der Waals surface area (Å²) in [7, 11) is 0. The third-order valence-electron chi connectivity index (χ3n) is 4.89. The van der Waals surface area contributed by atoms with Gasteiger partial charge in [-0.2, -0.15) is 5.10 Å². The molecule has 120 valence electrons. The summed E-state index contributed by atoms with van der Waals surface area (Å²) in [6.07, 6.45) is 7.23. The third kappa shape index (κ3) is 4.04. The minimum atomic E-state index is -0.158. The van der Waals surface area contributed by atoms with Crippen LogP contribution in [0.2, 0.25) is 0 Å². The Morgan fingerprint density at radius 2 is 2.14 bits per heavy atom. The normalized spacial score (nSPS) is 26.4. The second-order valence-electron chi connectivity index (χ2n) is 6.66. The van der Waals surface area contributed by atoms with Crippen LogP contribution in [0.25, 0.3) is 0 Å². The Morgan fingerprint density at radius 1 is 1.43 bits per heavy atom. The Labute approximate surface area is 128 Å². The van der Waals surface area contributed by atoms with Crippen molar-refractivity contribution in [2.45, 2.75) is 71.6 Å². The van der Waals surface area contributed by atoms with Crippen molar-refractivity contribution in [2.75, 3.05) is 6.54 Å². The van der Waals surface area contributed by atoms with Crippen LogP contribution in [-0.2, 0) is 17.9 Å². The van der Waals surface area contributed by atoms with Crippen molar-refractivity contribution in [1.29, 1.82) is 0 Å². The molecule has 5 heteroatoms. The van der Waals surface area contributed by atoms with Gasteiger partial charge < -0.3 is 10.5 Å². The molecule has 1 aliphatic carbocycles. The van der Waals surface area contributed by atoms with Gasteiger partial charge in [-0.25, -0.2) is 9.67 Å². The molecule has 1 aliphatic rings. The first-order valence-electron chi connectivity index (χ1n) is 8.31. The molecule has 0 aliphatic heterocycles. The lowest BCUT2D eigenvalue weighted by Crippen LogP contribution is -2.44. The van der Waals surface area contributed by atoms with Crippen LogP contribution in [0.3, 0.4) is 0 Å². The first-order chi connectivity index (χ1) is 10.1. The van der Waals surface area contributed by atoms with Gasteiger partial charge in [0.1, 0.15) is 12.9 Å². The predicted molar refractivity (Wildman–Crippen MR) is 83.7 cm³/mol. The summed E-state index contributed by atoms with van der Waals surface area (Å²) in [4.78, 5) is 4.31. The van der Waals surface area contributed by atoms with Crippen molar-refractivity contribution in [1.82, 2.24) is 14.8 Å². The molecule has 0 saturated heterocycles. The fourth-order valence-electron chi connectivity index (χ4n) is 3.26. The van der Waals surface area contributed by atoms with E-state index in [1.165, 1.54) is 12.8 Å². The third-order valence-corrected chi connectivity index (χ3v) is 4.89. The Bertz CT molecular complexity index is 422. The molecule has 1 aromatic rings. The summed E-state index contributed by atoms with van der Waals surface area (Å²) >= 11 is 0. The zero-order valence-corrected chi connectivity index (χ0v) is 13.7. The number of hydrogen-bond donors (Lipinski definition) is 1. The number of aryl methyl sites for hydroxylation is 1. The monoisotopic (exact) mass is 294 g/mol. The average molecular weight is 294 g/mol. The maximum atomic E-state index is 6.23. The highest BCUT2D eigenvalue weighted by atomic mass is 16.5. The fourth-order valence-corrected chi connectivity index (χ4v) is 3.26. The molecule has 2 N–H and O–H groups in total. The van der Waals surface area contributed by atoms with Gasteiger partial charge in [-0.15, -0.1) is 0 Å². The van der Waals surface area contributed by atoms with Crippen molar-refractivity contribution in [3.63, 3.8) is 0 Å². The van der Waals surface area contributed by atoms with Crippen LogP contribution in [0, 0.1) is 11.8 Å². The molecule has 1 fully saturated rings. The van der Waals surface area contributed by atoms with E-state index in [2.05, 4.69) is 30.9 Å². The Kier molecular flexibility index (Phi) is 5.76. The zero-order valence-electron chi connectivity index (χ0n) is 13.7. The highest BCUT2D eigenvalue weighted by Gasteiger charge is 2.36. The lowest BCUT2D eigenvalue weighted by atomic mass is 9.74. The van der Waals surface area contributed by atoms with Crippen LogP contribution in [0.15, 0.2) is 6.33 Å². The topological polar surface area (TPSA) is 66.0 Å². The van der Waals surface area contributed by atoms with E-state index in [1.54, 1.807) is 6.33 Å². The number of nitrogens with zero attached hydrogens (tertiary/aromatic N) is 3. The maximum absolute atomic E-state index is 6.23. The molecule has 1 heterocycles. The van der Waals surface area contributed by atoms with Gasteiger partial charge in [-0.3, -0.25) is 0 Å². The van der Waals surface area contributed by atoms with E-state index in [-0.39, 0.29) is 5.60 Å². The van der Waals surface area contributed by atoms with E-state index in [0.717, 1.165) is 43.5 Å². The molecular formula is C16H30N4O. The molecule has 5 nitrogen and oxygen atoms in total. The molecule has 0 radical (unpaired) electrons. The fraction of sp³-hybridized carbons (Fsp3) is 0.875. The van der Waals surface area contributed by atoms with Crippen molar-refractivity contribution in [3.8, 4) is 0 Å². The standard InChI is InChI=1S/C16H30N4O/c1-4-9-20-15(18-12-19-20)10-21-16(11-17)7-5-14(6-8-16)13(2)3/h12-14H,4-11,17H2,1-3H3. The van der Waals surface area contributed by atoms with Crippen LogP contribution in [0.4, 0.5) is 0 Å². The van der Waals surface area contributed by atoms with Crippen LogP contribution in [-0.4, -0.2) is 26.9 Å². The molecule has 1 saturated carbocycles. The first kappa shape index (κ1) is 16.4. The van der Waals surface area contributed by atoms with Crippen LogP contribution in [0.5, 0.6) is 0 Å². The molecular weight excluding hydrogens is 264 g/mol. The number of ether oxygens (including phenoxy) is 1. The predicted octanol–water partition coefficient (Wildman–Crippen LogP) is 2.75. The molecule has 0 unspecified atom stereocenters. The van der Waals surface area contributed by atoms with Gasteiger partial charge in [0.15, 0.2) is 5.82 Å². The largest absolute Gasteiger partial charge is 0.366 e. The Morgan fingerprint density at radius 3 is 2.71 bits per heavy atom. The molecule has 0 aromatic carbocycles. The lowest BCUT2D eigenvalue weighted by Gasteiger charge is -2.40. The Balaban J connectivity index is 1.92. The molecule has 1 aromatic heterocycles. The van der Waals surface area contributed by atoms with Gasteiger partial charge in [-0.1, -0.05) is 20.8 Å². The molecule has 21 heavy (non-hydrogen) atoms. The summed E-state index contributed by atoms with van der Waals surface area (Å²) in [5.41, 5.74) is 5.87. The molecule has 0 amide bonds. The number of nitrogens with two attached hydrogens (primary N) is 1. The molecule has 2 rings (SSSR count). The summed E-state index contributed by atoms with van der Waals surface area (Å²) in [5.74, 6) is 2.49. The minimum absolute atomic E-state index is 0.158. The summed E-state index contributed by atoms with van der Waals surface area (Å²) in [6.45, 7) is 8.77. The van der Waals surface area contributed by atoms with E-state index in [9.17, 15) is 0 Å². The SMILES string of the molecule is CCCn1ncnc1COC1(CN)CCC(C(C)C)CC1. The zero-order chi connectivity index (χ0) is 15.3. The quantitative estimate of drug-likeness (QED) is 0.839. The van der Waals surface area contributed by atoms with Crippen molar-refractivity contribution < 1.29 is 4.74 Å². The van der Waals surface area contributed by atoms with Crippen LogP contribution >= 0.6 is 0 Å². The van der Waals surface area contributed by atoms with Crippen molar-refractivity contribution in [2.24, 2.45) is 17.6 Å². The number of hydrogen-bond acceptors (Lipinski definition) is 4. The van der Waals surface area contributed by atoms with Gasteiger partial charge in [0, 0.05) is 13.1 Å². The lowest BCUT2D eigenvalue weighted by molar-refractivity contribution is -0.0870. The molecule has 0 spiro atoms. The van der Waals surface area contributed by atoms with Gasteiger partial charge in [0.25, 0.3) is 0 Å². The number of rotatable bonds is 7. The molecule has 0 bridgehead atoms.